The van der Waals surface area contributed by atoms with Crippen molar-refractivity contribution >= 4 is 22.9 Å². The Morgan fingerprint density at radius 1 is 1.55 bits per heavy atom. The SMILES string of the molecule is CC(C)c1[nH]nc(C(=O)N2CCc3sccc3C2)c1N. The average Bonchev–Trinajstić information content (AvgIpc) is 3.03. The van der Waals surface area contributed by atoms with E-state index in [1.165, 1.54) is 10.4 Å². The van der Waals surface area contributed by atoms with Gasteiger partial charge in [-0.05, 0) is 29.3 Å². The number of nitrogens with two attached hydrogens (primary N) is 1. The first kappa shape index (κ1) is 13.2. The van der Waals surface area contributed by atoms with E-state index in [0.29, 0.717) is 17.9 Å². The molecule has 2 aromatic heterocycles. The number of nitrogen functional groups attached to an aromatic ring is 1. The molecule has 0 bridgehead atoms. The minimum absolute atomic E-state index is 0.0810. The second-order valence-electron chi connectivity index (χ2n) is 5.40. The number of nitrogens with zero attached hydrogens (tertiary/aromatic N) is 2. The lowest BCUT2D eigenvalue weighted by Gasteiger charge is -2.26. The zero-order chi connectivity index (χ0) is 14.3. The quantitative estimate of drug-likeness (QED) is 0.891. The van der Waals surface area contributed by atoms with Gasteiger partial charge < -0.3 is 10.6 Å². The summed E-state index contributed by atoms with van der Waals surface area (Å²) in [5.74, 6) is 0.149. The Kier molecular flexibility index (Phi) is 3.25. The van der Waals surface area contributed by atoms with E-state index in [-0.39, 0.29) is 11.8 Å². The number of H-pyrrole nitrogens is 1. The van der Waals surface area contributed by atoms with Gasteiger partial charge in [0, 0.05) is 18.0 Å². The standard InChI is InChI=1S/C14H18N4OS/c1-8(2)12-11(15)13(17-16-12)14(19)18-5-3-10-9(7-18)4-6-20-10/h4,6,8H,3,5,7,15H2,1-2H3,(H,16,17). The van der Waals surface area contributed by atoms with E-state index >= 15 is 0 Å². The first-order chi connectivity index (χ1) is 9.58. The highest BCUT2D eigenvalue weighted by molar-refractivity contribution is 7.10. The van der Waals surface area contributed by atoms with E-state index in [1.807, 2.05) is 18.7 Å². The summed E-state index contributed by atoms with van der Waals surface area (Å²) in [5, 5.41) is 9.09. The van der Waals surface area contributed by atoms with E-state index in [0.717, 1.165) is 18.7 Å². The minimum atomic E-state index is -0.0810. The lowest BCUT2D eigenvalue weighted by molar-refractivity contribution is 0.0731. The number of amides is 1. The second-order valence-corrected chi connectivity index (χ2v) is 6.40. The van der Waals surface area contributed by atoms with Gasteiger partial charge in [0.15, 0.2) is 5.69 Å². The molecule has 0 unspecified atom stereocenters. The molecule has 0 saturated heterocycles. The number of rotatable bonds is 2. The van der Waals surface area contributed by atoms with E-state index < -0.39 is 0 Å². The molecule has 0 aromatic carbocycles. The molecule has 1 aliphatic rings. The van der Waals surface area contributed by atoms with Crippen LogP contribution in [0.5, 0.6) is 0 Å². The highest BCUT2D eigenvalue weighted by Crippen LogP contribution is 2.27. The van der Waals surface area contributed by atoms with Crippen LogP contribution in [0.1, 0.15) is 46.4 Å². The maximum Gasteiger partial charge on any atom is 0.276 e. The summed E-state index contributed by atoms with van der Waals surface area (Å²) in [6, 6.07) is 2.09. The van der Waals surface area contributed by atoms with Gasteiger partial charge >= 0.3 is 0 Å². The number of hydrogen-bond acceptors (Lipinski definition) is 4. The summed E-state index contributed by atoms with van der Waals surface area (Å²) in [5.41, 5.74) is 8.97. The summed E-state index contributed by atoms with van der Waals surface area (Å²) in [6.07, 6.45) is 0.917. The zero-order valence-corrected chi connectivity index (χ0v) is 12.5. The predicted molar refractivity (Wildman–Crippen MR) is 79.9 cm³/mol. The van der Waals surface area contributed by atoms with Crippen molar-refractivity contribution in [2.45, 2.75) is 32.7 Å². The van der Waals surface area contributed by atoms with Gasteiger partial charge in [0.2, 0.25) is 0 Å². The molecule has 1 amide bonds. The largest absolute Gasteiger partial charge is 0.395 e. The van der Waals surface area contributed by atoms with Gasteiger partial charge in [-0.2, -0.15) is 5.10 Å². The molecule has 0 saturated carbocycles. The van der Waals surface area contributed by atoms with Gasteiger partial charge in [-0.1, -0.05) is 13.8 Å². The molecule has 3 rings (SSSR count). The third-order valence-electron chi connectivity index (χ3n) is 3.71. The van der Waals surface area contributed by atoms with Crippen molar-refractivity contribution in [2.24, 2.45) is 0 Å². The van der Waals surface area contributed by atoms with Crippen molar-refractivity contribution in [1.82, 2.24) is 15.1 Å². The van der Waals surface area contributed by atoms with Crippen molar-refractivity contribution in [1.29, 1.82) is 0 Å². The fourth-order valence-electron chi connectivity index (χ4n) is 2.54. The Bertz CT molecular complexity index is 643. The molecule has 20 heavy (non-hydrogen) atoms. The monoisotopic (exact) mass is 290 g/mol. The number of carbonyl (C=O) groups excluding carboxylic acids is 1. The van der Waals surface area contributed by atoms with Crippen molar-refractivity contribution in [3.63, 3.8) is 0 Å². The van der Waals surface area contributed by atoms with Crippen LogP contribution in [0.25, 0.3) is 0 Å². The Labute approximate surface area is 121 Å². The average molecular weight is 290 g/mol. The molecule has 0 aliphatic carbocycles. The molecule has 2 aromatic rings. The van der Waals surface area contributed by atoms with E-state index in [1.54, 1.807) is 11.3 Å². The fraction of sp³-hybridized carbons (Fsp3) is 0.429. The summed E-state index contributed by atoms with van der Waals surface area (Å²) in [7, 11) is 0. The number of aromatic amines is 1. The van der Waals surface area contributed by atoms with Crippen LogP contribution in [0.4, 0.5) is 5.69 Å². The normalized spacial score (nSPS) is 14.7. The molecule has 0 spiro atoms. The molecular weight excluding hydrogens is 272 g/mol. The Morgan fingerprint density at radius 2 is 2.35 bits per heavy atom. The molecule has 0 fully saturated rings. The number of thiophene rings is 1. The first-order valence-electron chi connectivity index (χ1n) is 6.76. The number of nitrogens with one attached hydrogen (secondary N) is 1. The van der Waals surface area contributed by atoms with Crippen LogP contribution in [0.3, 0.4) is 0 Å². The van der Waals surface area contributed by atoms with Crippen molar-refractivity contribution in [2.75, 3.05) is 12.3 Å². The third kappa shape index (κ3) is 2.10. The lowest BCUT2D eigenvalue weighted by atomic mass is 10.1. The second kappa shape index (κ2) is 4.94. The van der Waals surface area contributed by atoms with Crippen LogP contribution >= 0.6 is 11.3 Å². The van der Waals surface area contributed by atoms with Gasteiger partial charge in [-0.15, -0.1) is 11.3 Å². The maximum atomic E-state index is 12.6. The zero-order valence-electron chi connectivity index (χ0n) is 11.6. The third-order valence-corrected chi connectivity index (χ3v) is 4.73. The minimum Gasteiger partial charge on any atom is -0.395 e. The van der Waals surface area contributed by atoms with Crippen LogP contribution in [0.15, 0.2) is 11.4 Å². The maximum absolute atomic E-state index is 12.6. The van der Waals surface area contributed by atoms with Gasteiger partial charge in [-0.25, -0.2) is 0 Å². The number of fused-ring (bicyclic) bond motifs is 1. The Morgan fingerprint density at radius 3 is 3.05 bits per heavy atom. The molecule has 6 heteroatoms. The summed E-state index contributed by atoms with van der Waals surface area (Å²) in [4.78, 5) is 15.8. The van der Waals surface area contributed by atoms with Gasteiger partial charge in [-0.3, -0.25) is 9.89 Å². The van der Waals surface area contributed by atoms with Crippen LogP contribution in [-0.2, 0) is 13.0 Å². The van der Waals surface area contributed by atoms with Gasteiger partial charge in [0.05, 0.1) is 11.4 Å². The van der Waals surface area contributed by atoms with Crippen LogP contribution in [0, 0.1) is 0 Å². The summed E-state index contributed by atoms with van der Waals surface area (Å²) < 4.78 is 0. The van der Waals surface area contributed by atoms with Crippen LogP contribution in [0.2, 0.25) is 0 Å². The van der Waals surface area contributed by atoms with E-state index in [4.69, 9.17) is 5.73 Å². The van der Waals surface area contributed by atoms with E-state index in [2.05, 4.69) is 21.6 Å². The Hall–Kier alpha value is -1.82. The molecule has 0 atom stereocenters. The molecule has 106 valence electrons. The van der Waals surface area contributed by atoms with Gasteiger partial charge in [0.1, 0.15) is 0 Å². The molecule has 5 nitrogen and oxygen atoms in total. The number of hydrogen-bond donors (Lipinski definition) is 2. The van der Waals surface area contributed by atoms with Gasteiger partial charge in [0.25, 0.3) is 5.91 Å². The molecule has 1 aliphatic heterocycles. The number of carbonyl (C=O) groups is 1. The first-order valence-corrected chi connectivity index (χ1v) is 7.64. The van der Waals surface area contributed by atoms with E-state index in [9.17, 15) is 4.79 Å². The Balaban J connectivity index is 1.84. The number of anilines is 1. The summed E-state index contributed by atoms with van der Waals surface area (Å²) >= 11 is 1.76. The van der Waals surface area contributed by atoms with Crippen molar-refractivity contribution < 1.29 is 4.79 Å². The molecular formula is C14H18N4OS. The van der Waals surface area contributed by atoms with Crippen molar-refractivity contribution in [3.05, 3.63) is 33.3 Å². The van der Waals surface area contributed by atoms with Crippen LogP contribution < -0.4 is 5.73 Å². The number of aromatic nitrogens is 2. The highest BCUT2D eigenvalue weighted by Gasteiger charge is 2.27. The summed E-state index contributed by atoms with van der Waals surface area (Å²) in [6.45, 7) is 5.43. The smallest absolute Gasteiger partial charge is 0.276 e. The molecule has 3 heterocycles. The van der Waals surface area contributed by atoms with Crippen molar-refractivity contribution in [3.8, 4) is 0 Å². The van der Waals surface area contributed by atoms with Crippen LogP contribution in [-0.4, -0.2) is 27.5 Å². The highest BCUT2D eigenvalue weighted by atomic mass is 32.1. The topological polar surface area (TPSA) is 75.0 Å². The predicted octanol–water partition coefficient (Wildman–Crippen LogP) is 2.38. The lowest BCUT2D eigenvalue weighted by Crippen LogP contribution is -2.35. The fourth-order valence-corrected chi connectivity index (χ4v) is 3.43. The molecule has 3 N–H and O–H groups in total. The molecule has 0 radical (unpaired) electrons.